The van der Waals surface area contributed by atoms with Crippen LogP contribution in [-0.4, -0.2) is 55.2 Å². The molecule has 6 rings (SSSR count). The summed E-state index contributed by atoms with van der Waals surface area (Å²) in [5, 5.41) is 18.8. The molecule has 1 aliphatic carbocycles. The molecule has 4 heterocycles. The summed E-state index contributed by atoms with van der Waals surface area (Å²) in [6.45, 7) is 1.82. The van der Waals surface area contributed by atoms with Crippen molar-refractivity contribution < 1.29 is 8.78 Å². The minimum Gasteiger partial charge on any atom is -0.341 e. The van der Waals surface area contributed by atoms with Gasteiger partial charge in [-0.1, -0.05) is 11.6 Å². The van der Waals surface area contributed by atoms with Gasteiger partial charge < -0.3 is 4.90 Å². The lowest BCUT2D eigenvalue weighted by atomic mass is 9.95. The maximum absolute atomic E-state index is 14.7. The Bertz CT molecular complexity index is 1320. The number of rotatable bonds is 5. The number of halogens is 3. The Morgan fingerprint density at radius 2 is 1.89 bits per heavy atom. The SMILES string of the molecule is N#Cc1ccnc(N2CCC(c3nnc4n3-c3ccc(Cl)cc3CN(CC(F)(F)C3CC3)C4)CC2)n1. The minimum absolute atomic E-state index is 0.143. The molecule has 0 amide bonds. The fourth-order valence-corrected chi connectivity index (χ4v) is 5.50. The molecule has 3 aromatic rings. The Hall–Kier alpha value is -3.16. The van der Waals surface area contributed by atoms with Crippen LogP contribution in [0.4, 0.5) is 14.7 Å². The van der Waals surface area contributed by atoms with Crippen LogP contribution in [0.3, 0.4) is 0 Å². The highest BCUT2D eigenvalue weighted by Crippen LogP contribution is 2.44. The molecule has 0 N–H and O–H groups in total. The van der Waals surface area contributed by atoms with Crippen molar-refractivity contribution in [3.63, 3.8) is 0 Å². The van der Waals surface area contributed by atoms with E-state index in [1.807, 2.05) is 22.8 Å². The summed E-state index contributed by atoms with van der Waals surface area (Å²) >= 11 is 6.31. The van der Waals surface area contributed by atoms with E-state index >= 15 is 0 Å². The van der Waals surface area contributed by atoms with Crippen molar-refractivity contribution >= 4 is 17.5 Å². The number of alkyl halides is 2. The van der Waals surface area contributed by atoms with Crippen molar-refractivity contribution in [3.8, 4) is 11.8 Å². The highest BCUT2D eigenvalue weighted by molar-refractivity contribution is 6.30. The van der Waals surface area contributed by atoms with Crippen LogP contribution in [0.25, 0.3) is 5.69 Å². The molecule has 11 heteroatoms. The molecule has 36 heavy (non-hydrogen) atoms. The van der Waals surface area contributed by atoms with E-state index in [4.69, 9.17) is 16.9 Å². The molecular formula is C25H25ClF2N8. The van der Waals surface area contributed by atoms with Crippen molar-refractivity contribution in [2.75, 3.05) is 24.5 Å². The summed E-state index contributed by atoms with van der Waals surface area (Å²) in [5.74, 6) is -1.02. The molecule has 8 nitrogen and oxygen atoms in total. The summed E-state index contributed by atoms with van der Waals surface area (Å²) in [6, 6.07) is 9.27. The van der Waals surface area contributed by atoms with Crippen LogP contribution >= 0.6 is 11.6 Å². The van der Waals surface area contributed by atoms with Gasteiger partial charge in [-0.25, -0.2) is 18.7 Å². The molecule has 0 spiro atoms. The molecule has 1 saturated heterocycles. The average molecular weight is 511 g/mol. The number of nitriles is 1. The molecule has 186 valence electrons. The number of hydrogen-bond donors (Lipinski definition) is 0. The molecule has 2 aromatic heterocycles. The van der Waals surface area contributed by atoms with Crippen LogP contribution in [0.1, 0.15) is 54.5 Å². The third kappa shape index (κ3) is 4.42. The van der Waals surface area contributed by atoms with E-state index in [9.17, 15) is 8.78 Å². The van der Waals surface area contributed by atoms with Crippen LogP contribution in [0.15, 0.2) is 30.5 Å². The first-order valence-corrected chi connectivity index (χ1v) is 12.6. The Labute approximate surface area is 212 Å². The van der Waals surface area contributed by atoms with Gasteiger partial charge in [0.15, 0.2) is 5.82 Å². The van der Waals surface area contributed by atoms with Gasteiger partial charge >= 0.3 is 0 Å². The summed E-state index contributed by atoms with van der Waals surface area (Å²) in [6.07, 6.45) is 4.41. The van der Waals surface area contributed by atoms with Crippen molar-refractivity contribution in [2.24, 2.45) is 5.92 Å². The minimum atomic E-state index is -2.71. The molecule has 0 unspecified atom stereocenters. The second-order valence-corrected chi connectivity index (χ2v) is 10.3. The van der Waals surface area contributed by atoms with E-state index in [1.54, 1.807) is 17.2 Å². The molecule has 0 radical (unpaired) electrons. The van der Waals surface area contributed by atoms with E-state index < -0.39 is 11.8 Å². The quantitative estimate of drug-likeness (QED) is 0.505. The first kappa shape index (κ1) is 23.3. The first-order chi connectivity index (χ1) is 17.4. The topological polar surface area (TPSA) is 86.8 Å². The lowest BCUT2D eigenvalue weighted by Crippen LogP contribution is -2.37. The molecule has 2 aliphatic heterocycles. The largest absolute Gasteiger partial charge is 0.341 e. The maximum atomic E-state index is 14.7. The number of fused-ring (bicyclic) bond motifs is 3. The Morgan fingerprint density at radius 1 is 1.08 bits per heavy atom. The van der Waals surface area contributed by atoms with Crippen LogP contribution in [0, 0.1) is 17.2 Å². The molecular weight excluding hydrogens is 486 g/mol. The number of aromatic nitrogens is 5. The third-order valence-corrected chi connectivity index (χ3v) is 7.54. The van der Waals surface area contributed by atoms with Crippen LogP contribution in [0.2, 0.25) is 5.02 Å². The summed E-state index contributed by atoms with van der Waals surface area (Å²) in [4.78, 5) is 12.5. The van der Waals surface area contributed by atoms with Gasteiger partial charge in [0.05, 0.1) is 18.8 Å². The monoisotopic (exact) mass is 510 g/mol. The van der Waals surface area contributed by atoms with E-state index in [0.717, 1.165) is 43.0 Å². The Morgan fingerprint density at radius 3 is 2.64 bits per heavy atom. The molecule has 0 bridgehead atoms. The van der Waals surface area contributed by atoms with Gasteiger partial charge in [0.25, 0.3) is 5.92 Å². The van der Waals surface area contributed by atoms with Crippen molar-refractivity contribution in [3.05, 3.63) is 58.4 Å². The molecule has 2 fully saturated rings. The predicted octanol–water partition coefficient (Wildman–Crippen LogP) is 4.33. The highest BCUT2D eigenvalue weighted by Gasteiger charge is 2.48. The maximum Gasteiger partial charge on any atom is 0.263 e. The average Bonchev–Trinajstić information content (AvgIpc) is 3.68. The summed E-state index contributed by atoms with van der Waals surface area (Å²) in [7, 11) is 0. The number of piperidine rings is 1. The number of nitrogens with zero attached hydrogens (tertiary/aromatic N) is 8. The van der Waals surface area contributed by atoms with Gasteiger partial charge in [-0.3, -0.25) is 9.47 Å². The number of anilines is 1. The van der Waals surface area contributed by atoms with Crippen molar-refractivity contribution in [2.45, 2.75) is 50.6 Å². The van der Waals surface area contributed by atoms with E-state index in [2.05, 4.69) is 31.1 Å². The molecule has 3 aliphatic rings. The lowest BCUT2D eigenvalue weighted by molar-refractivity contribution is -0.0558. The standard InChI is InChI=1S/C25H25ClF2N8/c26-19-3-4-21-17(11-19)13-34(15-25(27,28)18-1-2-18)14-22-32-33-23(36(21)22)16-6-9-35(10-7-16)24-30-8-5-20(12-29)31-24/h3-5,8,11,16,18H,1-2,6-7,9-10,13-15H2. The number of hydrogen-bond acceptors (Lipinski definition) is 7. The van der Waals surface area contributed by atoms with Crippen LogP contribution in [-0.2, 0) is 13.1 Å². The summed E-state index contributed by atoms with van der Waals surface area (Å²) in [5.41, 5.74) is 2.14. The molecule has 1 saturated carbocycles. The Kier molecular flexibility index (Phi) is 5.85. The first-order valence-electron chi connectivity index (χ1n) is 12.2. The fraction of sp³-hybridized carbons (Fsp3) is 0.480. The lowest BCUT2D eigenvalue weighted by Gasteiger charge is -2.31. The highest BCUT2D eigenvalue weighted by atomic mass is 35.5. The van der Waals surface area contributed by atoms with Crippen LogP contribution < -0.4 is 4.90 Å². The summed E-state index contributed by atoms with van der Waals surface area (Å²) < 4.78 is 31.5. The van der Waals surface area contributed by atoms with Crippen molar-refractivity contribution in [1.29, 1.82) is 5.26 Å². The second kappa shape index (κ2) is 9.05. The van der Waals surface area contributed by atoms with Gasteiger partial charge in [-0.15, -0.1) is 10.2 Å². The van der Waals surface area contributed by atoms with E-state index in [-0.39, 0.29) is 12.5 Å². The zero-order valence-corrected chi connectivity index (χ0v) is 20.4. The van der Waals surface area contributed by atoms with E-state index in [1.165, 1.54) is 0 Å². The predicted molar refractivity (Wildman–Crippen MR) is 129 cm³/mol. The third-order valence-electron chi connectivity index (χ3n) is 7.31. The second-order valence-electron chi connectivity index (χ2n) is 9.88. The van der Waals surface area contributed by atoms with Gasteiger partial charge in [0.1, 0.15) is 17.6 Å². The fourth-order valence-electron chi connectivity index (χ4n) is 5.30. The van der Waals surface area contributed by atoms with Gasteiger partial charge in [0, 0.05) is 42.7 Å². The molecule has 0 atom stereocenters. The van der Waals surface area contributed by atoms with E-state index in [0.29, 0.717) is 48.4 Å². The van der Waals surface area contributed by atoms with Crippen molar-refractivity contribution in [1.82, 2.24) is 29.6 Å². The van der Waals surface area contributed by atoms with Gasteiger partial charge in [-0.05, 0) is 55.5 Å². The van der Waals surface area contributed by atoms with Gasteiger partial charge in [0.2, 0.25) is 5.95 Å². The van der Waals surface area contributed by atoms with Crippen LogP contribution in [0.5, 0.6) is 0 Å². The smallest absolute Gasteiger partial charge is 0.263 e. The van der Waals surface area contributed by atoms with Gasteiger partial charge in [-0.2, -0.15) is 5.26 Å². The zero-order valence-electron chi connectivity index (χ0n) is 19.6. The number of benzene rings is 1. The zero-order chi connectivity index (χ0) is 24.9. The molecule has 1 aromatic carbocycles. The normalized spacial score (nSPS) is 18.9. The Balaban J connectivity index is 1.27.